The summed E-state index contributed by atoms with van der Waals surface area (Å²) in [5, 5.41) is 18.3. The van der Waals surface area contributed by atoms with E-state index in [9.17, 15) is 29.1 Å². The molecule has 3 aliphatic heterocycles. The first-order valence-corrected chi connectivity index (χ1v) is 15.2. The van der Waals surface area contributed by atoms with Crippen molar-refractivity contribution in [2.75, 3.05) is 46.5 Å². The predicted octanol–water partition coefficient (Wildman–Crippen LogP) is -0.256. The van der Waals surface area contributed by atoms with Crippen molar-refractivity contribution in [3.63, 3.8) is 0 Å². The van der Waals surface area contributed by atoms with Crippen LogP contribution >= 0.6 is 0 Å². The van der Waals surface area contributed by atoms with Crippen LogP contribution in [0.15, 0.2) is 24.3 Å². The Balaban J connectivity index is 1.59. The molecule has 1 aromatic carbocycles. The second-order valence-electron chi connectivity index (χ2n) is 12.6. The standard InChI is InChI=1S/C31H45N5O8/c1-20-28(41)36-12-6-9-24(36)27(40)34-23(17-37)26(39)32-19-31(10-13-35(14-11-31)29(42)30(2,3)43-4)16-21-7-5-8-22(15-21)44-18-25(38)33-20/h5,7-8,15,20,23-24,37H,6,9-14,16-19H2,1-4H3,(H,32,39)(H,33,38)(H,34,40)/t20-,23-,24-/m0/s1. The van der Waals surface area contributed by atoms with Crippen LogP contribution in [-0.4, -0.2) is 115 Å². The highest BCUT2D eigenvalue weighted by atomic mass is 16.5. The molecule has 5 amide bonds. The largest absolute Gasteiger partial charge is 0.484 e. The van der Waals surface area contributed by atoms with Gasteiger partial charge in [0.05, 0.1) is 6.61 Å². The number of amides is 5. The first-order valence-electron chi connectivity index (χ1n) is 15.2. The fourth-order valence-electron chi connectivity index (χ4n) is 6.15. The number of carbonyl (C=O) groups excluding carboxylic acids is 5. The van der Waals surface area contributed by atoms with Crippen molar-refractivity contribution in [3.8, 4) is 5.75 Å². The molecule has 13 heteroatoms. The monoisotopic (exact) mass is 615 g/mol. The fourth-order valence-corrected chi connectivity index (χ4v) is 6.15. The van der Waals surface area contributed by atoms with Crippen LogP contribution in [0.1, 0.15) is 52.0 Å². The van der Waals surface area contributed by atoms with Gasteiger partial charge in [-0.15, -0.1) is 0 Å². The second-order valence-corrected chi connectivity index (χ2v) is 12.6. The van der Waals surface area contributed by atoms with Crippen LogP contribution < -0.4 is 20.7 Å². The van der Waals surface area contributed by atoms with Crippen LogP contribution in [0.3, 0.4) is 0 Å². The summed E-state index contributed by atoms with van der Waals surface area (Å²) >= 11 is 0. The van der Waals surface area contributed by atoms with Gasteiger partial charge < -0.3 is 40.3 Å². The number of methoxy groups -OCH3 is 1. The number of fused-ring (bicyclic) bond motifs is 3. The number of nitrogens with zero attached hydrogens (tertiary/aromatic N) is 2. The van der Waals surface area contributed by atoms with Crippen LogP contribution in [0, 0.1) is 5.41 Å². The summed E-state index contributed by atoms with van der Waals surface area (Å²) in [6, 6.07) is 4.43. The van der Waals surface area contributed by atoms with Gasteiger partial charge in [-0.25, -0.2) is 0 Å². The van der Waals surface area contributed by atoms with E-state index in [-0.39, 0.29) is 19.1 Å². The summed E-state index contributed by atoms with van der Waals surface area (Å²) in [7, 11) is 1.50. The van der Waals surface area contributed by atoms with E-state index >= 15 is 0 Å². The minimum Gasteiger partial charge on any atom is -0.484 e. The Labute approximate surface area is 258 Å². The van der Waals surface area contributed by atoms with E-state index < -0.39 is 59.4 Å². The second kappa shape index (κ2) is 13.9. The average Bonchev–Trinajstić information content (AvgIpc) is 3.51. The molecule has 4 N–H and O–H groups in total. The molecule has 242 valence electrons. The minimum atomic E-state index is -1.21. The molecule has 4 rings (SSSR count). The van der Waals surface area contributed by atoms with E-state index in [4.69, 9.17) is 9.47 Å². The number of hydrogen-bond donors (Lipinski definition) is 4. The Bertz CT molecular complexity index is 1250. The molecule has 1 aromatic rings. The lowest BCUT2D eigenvalue weighted by molar-refractivity contribution is -0.153. The van der Waals surface area contributed by atoms with Gasteiger partial charge >= 0.3 is 0 Å². The Morgan fingerprint density at radius 1 is 1.11 bits per heavy atom. The normalized spacial score (nSPS) is 25.5. The molecule has 2 saturated heterocycles. The SMILES string of the molecule is COC(C)(C)C(=O)N1CCC2(CC1)CNC(=O)[C@H](CO)NC(=O)[C@@H]1CCCN1C(=O)[C@H](C)NC(=O)COc1cccc(c1)C2. The van der Waals surface area contributed by atoms with Crippen molar-refractivity contribution < 1.29 is 38.6 Å². The van der Waals surface area contributed by atoms with E-state index in [2.05, 4.69) is 16.0 Å². The van der Waals surface area contributed by atoms with E-state index in [1.807, 2.05) is 18.2 Å². The number of likely N-dealkylation sites (tertiary alicyclic amines) is 1. The minimum absolute atomic E-state index is 0.111. The maximum Gasteiger partial charge on any atom is 0.258 e. The summed E-state index contributed by atoms with van der Waals surface area (Å²) in [5.74, 6) is -1.59. The molecule has 0 unspecified atom stereocenters. The lowest BCUT2D eigenvalue weighted by Crippen LogP contribution is -2.58. The summed E-state index contributed by atoms with van der Waals surface area (Å²) in [4.78, 5) is 68.6. The summed E-state index contributed by atoms with van der Waals surface area (Å²) < 4.78 is 11.2. The Morgan fingerprint density at radius 2 is 1.84 bits per heavy atom. The number of rotatable bonds is 3. The lowest BCUT2D eigenvalue weighted by Gasteiger charge is -2.44. The van der Waals surface area contributed by atoms with Gasteiger partial charge in [-0.05, 0) is 76.0 Å². The zero-order valence-corrected chi connectivity index (χ0v) is 26.0. The zero-order valence-electron chi connectivity index (χ0n) is 26.0. The number of nitrogens with one attached hydrogen (secondary N) is 3. The van der Waals surface area contributed by atoms with Crippen molar-refractivity contribution in [2.24, 2.45) is 5.41 Å². The summed E-state index contributed by atoms with van der Waals surface area (Å²) in [6.07, 6.45) is 2.70. The number of piperidine rings is 1. The smallest absolute Gasteiger partial charge is 0.258 e. The van der Waals surface area contributed by atoms with E-state index in [1.165, 1.54) is 12.0 Å². The highest BCUT2D eigenvalue weighted by Gasteiger charge is 2.41. The van der Waals surface area contributed by atoms with Crippen LogP contribution in [0.25, 0.3) is 0 Å². The van der Waals surface area contributed by atoms with Crippen LogP contribution in [0.2, 0.25) is 0 Å². The van der Waals surface area contributed by atoms with E-state index in [0.717, 1.165) is 5.56 Å². The van der Waals surface area contributed by atoms with Gasteiger partial charge in [-0.3, -0.25) is 24.0 Å². The molecule has 1 spiro atoms. The van der Waals surface area contributed by atoms with Gasteiger partial charge in [-0.1, -0.05) is 12.1 Å². The third-order valence-corrected chi connectivity index (χ3v) is 9.02. The number of carbonyl (C=O) groups is 5. The molecule has 0 saturated carbocycles. The quantitative estimate of drug-likeness (QED) is 0.361. The number of aliphatic hydroxyl groups excluding tert-OH is 1. The molecule has 3 heterocycles. The maximum atomic E-state index is 13.3. The number of aliphatic hydroxyl groups is 1. The summed E-state index contributed by atoms with van der Waals surface area (Å²) in [6.45, 7) is 5.59. The third-order valence-electron chi connectivity index (χ3n) is 9.02. The Hall–Kier alpha value is -3.71. The van der Waals surface area contributed by atoms with Gasteiger partial charge in [0.15, 0.2) is 6.61 Å². The van der Waals surface area contributed by atoms with E-state index in [1.54, 1.807) is 31.7 Å². The van der Waals surface area contributed by atoms with Crippen molar-refractivity contribution in [3.05, 3.63) is 29.8 Å². The number of ether oxygens (including phenoxy) is 2. The molecule has 3 atom stereocenters. The highest BCUT2D eigenvalue weighted by Crippen LogP contribution is 2.36. The van der Waals surface area contributed by atoms with Gasteiger partial charge in [0, 0.05) is 33.3 Å². The van der Waals surface area contributed by atoms with Gasteiger partial charge in [-0.2, -0.15) is 0 Å². The van der Waals surface area contributed by atoms with Crippen molar-refractivity contribution in [1.29, 1.82) is 0 Å². The Kier molecular flexibility index (Phi) is 10.5. The number of benzene rings is 1. The molecule has 13 nitrogen and oxygen atoms in total. The van der Waals surface area contributed by atoms with Crippen molar-refractivity contribution >= 4 is 29.5 Å². The average molecular weight is 616 g/mol. The zero-order chi connectivity index (χ0) is 32.1. The molecular weight excluding hydrogens is 570 g/mol. The molecule has 0 aliphatic carbocycles. The molecule has 3 aliphatic rings. The van der Waals surface area contributed by atoms with Crippen LogP contribution in [-0.2, 0) is 35.1 Å². The lowest BCUT2D eigenvalue weighted by atomic mass is 9.73. The van der Waals surface area contributed by atoms with Gasteiger partial charge in [0.1, 0.15) is 29.5 Å². The molecule has 0 aromatic heterocycles. The fraction of sp³-hybridized carbons (Fsp3) is 0.645. The van der Waals surface area contributed by atoms with E-state index in [0.29, 0.717) is 57.5 Å². The van der Waals surface area contributed by atoms with Crippen molar-refractivity contribution in [1.82, 2.24) is 25.8 Å². The number of hydrogen-bond acceptors (Lipinski definition) is 8. The summed E-state index contributed by atoms with van der Waals surface area (Å²) in [5.41, 5.74) is -0.489. The molecular formula is C31H45N5O8. The maximum absolute atomic E-state index is 13.3. The van der Waals surface area contributed by atoms with Crippen LogP contribution in [0.5, 0.6) is 5.75 Å². The molecule has 0 radical (unpaired) electrons. The predicted molar refractivity (Wildman–Crippen MR) is 159 cm³/mol. The van der Waals surface area contributed by atoms with Crippen molar-refractivity contribution in [2.45, 2.75) is 76.6 Å². The Morgan fingerprint density at radius 3 is 2.52 bits per heavy atom. The van der Waals surface area contributed by atoms with Crippen LogP contribution in [0.4, 0.5) is 0 Å². The van der Waals surface area contributed by atoms with Gasteiger partial charge in [0.25, 0.3) is 11.8 Å². The molecule has 44 heavy (non-hydrogen) atoms. The highest BCUT2D eigenvalue weighted by molar-refractivity contribution is 5.94. The molecule has 2 bridgehead atoms. The first kappa shape index (κ1) is 33.2. The first-order chi connectivity index (χ1) is 20.9. The third kappa shape index (κ3) is 7.68. The molecule has 2 fully saturated rings. The van der Waals surface area contributed by atoms with Gasteiger partial charge in [0.2, 0.25) is 17.7 Å². The topological polar surface area (TPSA) is 167 Å².